The van der Waals surface area contributed by atoms with E-state index < -0.39 is 10.0 Å². The molecule has 2 aromatic rings. The van der Waals surface area contributed by atoms with Crippen LogP contribution in [0.2, 0.25) is 9.36 Å². The molecule has 0 amide bonds. The first-order chi connectivity index (χ1) is 11.4. The van der Waals surface area contributed by atoms with Gasteiger partial charge < -0.3 is 0 Å². The molecule has 0 spiro atoms. The molecule has 1 aliphatic rings. The molecule has 8 heteroatoms. The van der Waals surface area contributed by atoms with Crippen molar-refractivity contribution >= 4 is 44.6 Å². The Morgan fingerprint density at radius 2 is 1.75 bits per heavy atom. The minimum atomic E-state index is -3.47. The second kappa shape index (κ2) is 7.72. The van der Waals surface area contributed by atoms with E-state index in [4.69, 9.17) is 23.2 Å². The number of halogens is 2. The summed E-state index contributed by atoms with van der Waals surface area (Å²) in [6.07, 6.45) is 1.60. The van der Waals surface area contributed by atoms with Crippen molar-refractivity contribution in [2.75, 3.05) is 13.1 Å². The fourth-order valence-electron chi connectivity index (χ4n) is 2.78. The molecule has 0 unspecified atom stereocenters. The average Bonchev–Trinajstić information content (AvgIpc) is 2.99. The van der Waals surface area contributed by atoms with Crippen molar-refractivity contribution in [3.05, 3.63) is 51.3 Å². The van der Waals surface area contributed by atoms with Crippen LogP contribution in [0.15, 0.2) is 40.6 Å². The maximum absolute atomic E-state index is 12.3. The molecule has 0 radical (unpaired) electrons. The number of rotatable bonds is 5. The van der Waals surface area contributed by atoms with Crippen LogP contribution in [0.3, 0.4) is 0 Å². The van der Waals surface area contributed by atoms with Gasteiger partial charge in [0.15, 0.2) is 0 Å². The topological polar surface area (TPSA) is 49.4 Å². The van der Waals surface area contributed by atoms with E-state index in [0.717, 1.165) is 48.8 Å². The normalized spacial score (nSPS) is 17.2. The molecule has 130 valence electrons. The molecule has 2 heterocycles. The van der Waals surface area contributed by atoms with Crippen LogP contribution in [0.1, 0.15) is 18.4 Å². The highest BCUT2D eigenvalue weighted by molar-refractivity contribution is 7.91. The number of sulfonamides is 1. The lowest BCUT2D eigenvalue weighted by Crippen LogP contribution is -2.44. The van der Waals surface area contributed by atoms with Gasteiger partial charge >= 0.3 is 0 Å². The van der Waals surface area contributed by atoms with Crippen molar-refractivity contribution in [2.45, 2.75) is 29.6 Å². The summed E-state index contributed by atoms with van der Waals surface area (Å²) in [6.45, 7) is 2.58. The molecule has 0 saturated carbocycles. The van der Waals surface area contributed by atoms with Crippen LogP contribution in [0.4, 0.5) is 0 Å². The molecular formula is C16H18Cl2N2O2S2. The number of nitrogens with zero attached hydrogens (tertiary/aromatic N) is 1. The summed E-state index contributed by atoms with van der Waals surface area (Å²) in [5.74, 6) is 0. The lowest BCUT2D eigenvalue weighted by molar-refractivity contribution is 0.200. The fourth-order valence-corrected chi connectivity index (χ4v) is 5.71. The second-order valence-electron chi connectivity index (χ2n) is 5.86. The molecular weight excluding hydrogens is 387 g/mol. The standard InChI is InChI=1S/C16H18Cl2N2O2S2/c17-13-3-1-12(2-4-13)11-20-9-7-14(8-10-20)19-24(21,22)16-6-5-15(18)23-16/h1-6,14,19H,7-11H2. The van der Waals surface area contributed by atoms with E-state index in [2.05, 4.69) is 9.62 Å². The highest BCUT2D eigenvalue weighted by Gasteiger charge is 2.25. The van der Waals surface area contributed by atoms with E-state index in [1.165, 1.54) is 5.56 Å². The maximum atomic E-state index is 12.3. The van der Waals surface area contributed by atoms with Gasteiger partial charge in [0.05, 0.1) is 4.34 Å². The van der Waals surface area contributed by atoms with Gasteiger partial charge in [0.1, 0.15) is 4.21 Å². The Kier molecular flexibility index (Phi) is 5.85. The molecule has 0 aliphatic carbocycles. The van der Waals surface area contributed by atoms with Crippen molar-refractivity contribution < 1.29 is 8.42 Å². The Labute approximate surface area is 156 Å². The van der Waals surface area contributed by atoms with Gasteiger partial charge in [0.25, 0.3) is 0 Å². The fraction of sp³-hybridized carbons (Fsp3) is 0.375. The number of hydrogen-bond donors (Lipinski definition) is 1. The SMILES string of the molecule is O=S(=O)(NC1CCN(Cc2ccc(Cl)cc2)CC1)c1ccc(Cl)s1. The molecule has 1 N–H and O–H groups in total. The van der Waals surface area contributed by atoms with Crippen LogP contribution in [0.25, 0.3) is 0 Å². The van der Waals surface area contributed by atoms with E-state index in [1.807, 2.05) is 24.3 Å². The third-order valence-corrected chi connectivity index (χ3v) is 7.54. The van der Waals surface area contributed by atoms with Crippen LogP contribution in [0, 0.1) is 0 Å². The van der Waals surface area contributed by atoms with Crippen molar-refractivity contribution in [3.63, 3.8) is 0 Å². The zero-order valence-electron chi connectivity index (χ0n) is 12.9. The zero-order chi connectivity index (χ0) is 17.2. The van der Waals surface area contributed by atoms with Crippen LogP contribution in [0.5, 0.6) is 0 Å². The molecule has 1 aliphatic heterocycles. The monoisotopic (exact) mass is 404 g/mol. The van der Waals surface area contributed by atoms with Crippen molar-refractivity contribution in [1.82, 2.24) is 9.62 Å². The summed E-state index contributed by atoms with van der Waals surface area (Å²) in [7, 11) is -3.47. The highest BCUT2D eigenvalue weighted by atomic mass is 35.5. The molecule has 0 atom stereocenters. The molecule has 3 rings (SSSR count). The molecule has 1 aromatic heterocycles. The van der Waals surface area contributed by atoms with Gasteiger partial charge in [-0.1, -0.05) is 35.3 Å². The predicted octanol–water partition coefficient (Wildman–Crippen LogP) is 4.00. The quantitative estimate of drug-likeness (QED) is 0.818. The van der Waals surface area contributed by atoms with E-state index in [-0.39, 0.29) is 10.3 Å². The Hall–Kier alpha value is -0.630. The number of hydrogen-bond acceptors (Lipinski definition) is 4. The summed E-state index contributed by atoms with van der Waals surface area (Å²) in [6, 6.07) is 11.0. The lowest BCUT2D eigenvalue weighted by atomic mass is 10.1. The van der Waals surface area contributed by atoms with Crippen LogP contribution in [-0.4, -0.2) is 32.4 Å². The number of piperidine rings is 1. The number of thiophene rings is 1. The summed E-state index contributed by atoms with van der Waals surface area (Å²) in [4.78, 5) is 2.33. The van der Waals surface area contributed by atoms with Gasteiger partial charge in [-0.25, -0.2) is 13.1 Å². The van der Waals surface area contributed by atoms with Gasteiger partial charge in [-0.2, -0.15) is 0 Å². The van der Waals surface area contributed by atoms with E-state index in [0.29, 0.717) is 4.34 Å². The smallest absolute Gasteiger partial charge is 0.250 e. The first-order valence-electron chi connectivity index (χ1n) is 7.67. The van der Waals surface area contributed by atoms with Gasteiger partial charge in [-0.15, -0.1) is 11.3 Å². The van der Waals surface area contributed by atoms with E-state index >= 15 is 0 Å². The molecule has 1 fully saturated rings. The second-order valence-corrected chi connectivity index (χ2v) is 9.95. The molecule has 1 saturated heterocycles. The molecule has 4 nitrogen and oxygen atoms in total. The van der Waals surface area contributed by atoms with Crippen molar-refractivity contribution in [2.24, 2.45) is 0 Å². The molecule has 0 bridgehead atoms. The van der Waals surface area contributed by atoms with Crippen LogP contribution in [-0.2, 0) is 16.6 Å². The first kappa shape index (κ1) is 18.2. The summed E-state index contributed by atoms with van der Waals surface area (Å²) >= 11 is 12.8. The predicted molar refractivity (Wildman–Crippen MR) is 99.4 cm³/mol. The Morgan fingerprint density at radius 3 is 2.33 bits per heavy atom. The Bertz CT molecular complexity index is 783. The van der Waals surface area contributed by atoms with E-state index in [1.54, 1.807) is 12.1 Å². The average molecular weight is 405 g/mol. The van der Waals surface area contributed by atoms with Crippen molar-refractivity contribution in [1.29, 1.82) is 0 Å². The number of likely N-dealkylation sites (tertiary alicyclic amines) is 1. The lowest BCUT2D eigenvalue weighted by Gasteiger charge is -2.32. The molecule has 24 heavy (non-hydrogen) atoms. The van der Waals surface area contributed by atoms with Crippen molar-refractivity contribution in [3.8, 4) is 0 Å². The number of benzene rings is 1. The summed E-state index contributed by atoms with van der Waals surface area (Å²) in [5, 5.41) is 0.737. The Balaban J connectivity index is 1.52. The minimum absolute atomic E-state index is 0.0302. The van der Waals surface area contributed by atoms with Crippen LogP contribution >= 0.6 is 34.5 Å². The highest BCUT2D eigenvalue weighted by Crippen LogP contribution is 2.26. The van der Waals surface area contributed by atoms with Crippen LogP contribution < -0.4 is 4.72 Å². The largest absolute Gasteiger partial charge is 0.299 e. The third-order valence-electron chi connectivity index (χ3n) is 4.04. The molecule has 1 aromatic carbocycles. The summed E-state index contributed by atoms with van der Waals surface area (Å²) < 4.78 is 28.2. The van der Waals surface area contributed by atoms with Gasteiger partial charge in [-0.3, -0.25) is 4.90 Å². The van der Waals surface area contributed by atoms with Gasteiger partial charge in [0, 0.05) is 30.7 Å². The number of nitrogens with one attached hydrogen (secondary N) is 1. The van der Waals surface area contributed by atoms with E-state index in [9.17, 15) is 8.42 Å². The summed E-state index contributed by atoms with van der Waals surface area (Å²) in [5.41, 5.74) is 1.21. The Morgan fingerprint density at radius 1 is 1.08 bits per heavy atom. The zero-order valence-corrected chi connectivity index (χ0v) is 16.1. The maximum Gasteiger partial charge on any atom is 0.250 e. The first-order valence-corrected chi connectivity index (χ1v) is 10.7. The van der Waals surface area contributed by atoms with Gasteiger partial charge in [0.2, 0.25) is 10.0 Å². The minimum Gasteiger partial charge on any atom is -0.299 e. The van der Waals surface area contributed by atoms with Gasteiger partial charge in [-0.05, 0) is 42.7 Å². The third kappa shape index (κ3) is 4.71.